The molecule has 0 bridgehead atoms. The fourth-order valence-electron chi connectivity index (χ4n) is 4.13. The number of nitrogens with two attached hydrogens (primary N) is 2. The summed E-state index contributed by atoms with van der Waals surface area (Å²) in [4.78, 5) is 1.75. The van der Waals surface area contributed by atoms with Crippen molar-refractivity contribution < 1.29 is 18.9 Å². The Labute approximate surface area is 152 Å². The number of allylic oxidation sites excluding steroid dienone is 1. The Morgan fingerprint density at radius 1 is 0.846 bits per heavy atom. The van der Waals surface area contributed by atoms with Crippen molar-refractivity contribution in [2.75, 3.05) is 13.6 Å². The zero-order valence-electron chi connectivity index (χ0n) is 13.8. The van der Waals surface area contributed by atoms with Crippen molar-refractivity contribution in [1.29, 1.82) is 0 Å². The second kappa shape index (κ2) is 5.03. The monoisotopic (exact) mass is 368 g/mol. The Hall–Kier alpha value is -2.48. The molecule has 1 unspecified atom stereocenters. The number of aryl methyl sites for hydroxylation is 1. The summed E-state index contributed by atoms with van der Waals surface area (Å²) < 4.78 is 22.3. The van der Waals surface area contributed by atoms with Crippen LogP contribution in [0.15, 0.2) is 24.3 Å². The Kier molecular flexibility index (Phi) is 2.84. The maximum atomic E-state index is 6.64. The molecule has 6 nitrogen and oxygen atoms in total. The van der Waals surface area contributed by atoms with Crippen LogP contribution >= 0.6 is 10.7 Å². The molecule has 0 aromatic heterocycles. The van der Waals surface area contributed by atoms with E-state index in [1.54, 1.807) is 0 Å². The second-order valence-corrected chi connectivity index (χ2v) is 8.12. The molecule has 6 rings (SSSR count). The minimum absolute atomic E-state index is 0.218. The van der Waals surface area contributed by atoms with Crippen LogP contribution in [0.25, 0.3) is 10.5 Å². The van der Waals surface area contributed by atoms with Crippen LogP contribution in [0.1, 0.15) is 28.7 Å². The summed E-state index contributed by atoms with van der Waals surface area (Å²) in [6.45, 7) is 0.481. The lowest BCUT2D eigenvalue weighted by Crippen LogP contribution is -2.24. The smallest absolute Gasteiger partial charge is 0.231 e. The van der Waals surface area contributed by atoms with E-state index in [9.17, 15) is 0 Å². The van der Waals surface area contributed by atoms with E-state index in [1.807, 2.05) is 12.1 Å². The zero-order valence-corrected chi connectivity index (χ0v) is 14.7. The normalized spacial score (nSPS) is 21.5. The van der Waals surface area contributed by atoms with Gasteiger partial charge >= 0.3 is 0 Å². The van der Waals surface area contributed by atoms with Crippen molar-refractivity contribution in [3.63, 3.8) is 0 Å². The lowest BCUT2D eigenvalue weighted by atomic mass is 9.85. The van der Waals surface area contributed by atoms with E-state index in [-0.39, 0.29) is 13.6 Å². The van der Waals surface area contributed by atoms with Gasteiger partial charge < -0.3 is 18.9 Å². The SMILES string of the molecule is NC1=S(N)C2=C(CCc3cc4c(cc32)OCO4)c2ccc3c(c21)OCO3. The first kappa shape index (κ1) is 14.7. The van der Waals surface area contributed by atoms with Crippen LogP contribution in [0.2, 0.25) is 0 Å². The first-order valence-corrected chi connectivity index (χ1v) is 9.71. The summed E-state index contributed by atoms with van der Waals surface area (Å²) in [7, 11) is -0.721. The minimum atomic E-state index is -0.721. The van der Waals surface area contributed by atoms with Gasteiger partial charge in [0.05, 0.1) is 10.6 Å². The third-order valence-corrected chi connectivity index (χ3v) is 6.91. The second-order valence-electron chi connectivity index (χ2n) is 6.59. The fourth-order valence-corrected chi connectivity index (χ4v) is 5.68. The quantitative estimate of drug-likeness (QED) is 0.695. The van der Waals surface area contributed by atoms with Crippen LogP contribution < -0.4 is 29.8 Å². The van der Waals surface area contributed by atoms with E-state index < -0.39 is 10.7 Å². The largest absolute Gasteiger partial charge is 0.454 e. The molecule has 4 N–H and O–H groups in total. The van der Waals surface area contributed by atoms with Crippen LogP contribution in [-0.4, -0.2) is 18.6 Å². The number of benzene rings is 2. The van der Waals surface area contributed by atoms with Gasteiger partial charge in [-0.1, -0.05) is 16.7 Å². The molecule has 1 aliphatic carbocycles. The number of hydrogen-bond donors (Lipinski definition) is 2. The molecule has 7 heteroatoms. The van der Waals surface area contributed by atoms with Gasteiger partial charge in [0, 0.05) is 4.91 Å². The molecule has 132 valence electrons. The van der Waals surface area contributed by atoms with Crippen LogP contribution in [0.4, 0.5) is 0 Å². The summed E-state index contributed by atoms with van der Waals surface area (Å²) in [5.74, 6) is 3.02. The topological polar surface area (TPSA) is 89.0 Å². The highest BCUT2D eigenvalue weighted by atomic mass is 32.2. The Bertz CT molecular complexity index is 1070. The standard InChI is InChI=1S/C19H16N2O4S/c20-19-16-10(3-4-13-17(16)25-8-22-13)11-2-1-9-5-14-15(24-7-23-14)6-12(9)18(11)26(19)21/h3-6H,1-2,7-8,20-21H2. The Balaban J connectivity index is 1.65. The van der Waals surface area contributed by atoms with Crippen LogP contribution in [0.5, 0.6) is 23.0 Å². The van der Waals surface area contributed by atoms with Gasteiger partial charge in [-0.05, 0) is 53.3 Å². The highest BCUT2D eigenvalue weighted by Crippen LogP contribution is 2.53. The van der Waals surface area contributed by atoms with E-state index >= 15 is 0 Å². The van der Waals surface area contributed by atoms with Gasteiger partial charge in [-0.2, -0.15) is 0 Å². The number of hydrogen-bond acceptors (Lipinski definition) is 6. The molecule has 2 aromatic rings. The molecule has 0 fully saturated rings. The van der Waals surface area contributed by atoms with Crippen LogP contribution in [0.3, 0.4) is 0 Å². The molecule has 2 aromatic carbocycles. The van der Waals surface area contributed by atoms with E-state index in [1.165, 1.54) is 11.1 Å². The van der Waals surface area contributed by atoms with Crippen molar-refractivity contribution in [3.05, 3.63) is 46.5 Å². The first-order valence-electron chi connectivity index (χ1n) is 8.43. The van der Waals surface area contributed by atoms with Crippen molar-refractivity contribution in [1.82, 2.24) is 0 Å². The van der Waals surface area contributed by atoms with E-state index in [0.717, 1.165) is 51.7 Å². The first-order chi connectivity index (χ1) is 12.7. The predicted octanol–water partition coefficient (Wildman–Crippen LogP) is 2.55. The number of ether oxygens (including phenoxy) is 4. The van der Waals surface area contributed by atoms with Crippen molar-refractivity contribution in [2.24, 2.45) is 10.9 Å². The fraction of sp³-hybridized carbons (Fsp3) is 0.211. The van der Waals surface area contributed by atoms with Gasteiger partial charge in [0.1, 0.15) is 0 Å². The van der Waals surface area contributed by atoms with Gasteiger partial charge in [-0.15, -0.1) is 0 Å². The molecule has 4 aliphatic rings. The van der Waals surface area contributed by atoms with E-state index in [0.29, 0.717) is 10.7 Å². The summed E-state index contributed by atoms with van der Waals surface area (Å²) in [5, 5.41) is 6.64. The third-order valence-electron chi connectivity index (χ3n) is 5.33. The molecule has 0 saturated heterocycles. The van der Waals surface area contributed by atoms with E-state index in [2.05, 4.69) is 12.1 Å². The highest BCUT2D eigenvalue weighted by molar-refractivity contribution is 8.22. The highest BCUT2D eigenvalue weighted by Gasteiger charge is 2.34. The average molecular weight is 368 g/mol. The third kappa shape index (κ3) is 1.77. The van der Waals surface area contributed by atoms with Gasteiger partial charge in [-0.25, -0.2) is 0 Å². The predicted molar refractivity (Wildman–Crippen MR) is 100 cm³/mol. The average Bonchev–Trinajstić information content (AvgIpc) is 3.31. The lowest BCUT2D eigenvalue weighted by Gasteiger charge is -2.31. The Morgan fingerprint density at radius 2 is 1.62 bits per heavy atom. The molecule has 0 spiro atoms. The molecule has 3 heterocycles. The number of rotatable bonds is 0. The van der Waals surface area contributed by atoms with Crippen LogP contribution in [0, 0.1) is 0 Å². The molecule has 0 radical (unpaired) electrons. The molecule has 26 heavy (non-hydrogen) atoms. The van der Waals surface area contributed by atoms with Crippen LogP contribution in [-0.2, 0) is 6.42 Å². The minimum Gasteiger partial charge on any atom is -0.454 e. The number of fused-ring (bicyclic) bond motifs is 7. The molecular weight excluding hydrogens is 352 g/mol. The summed E-state index contributed by atoms with van der Waals surface area (Å²) >= 11 is 0. The summed E-state index contributed by atoms with van der Waals surface area (Å²) in [6.07, 6.45) is 1.83. The van der Waals surface area contributed by atoms with Crippen molar-refractivity contribution in [2.45, 2.75) is 12.8 Å². The lowest BCUT2D eigenvalue weighted by molar-refractivity contribution is 0.173. The summed E-state index contributed by atoms with van der Waals surface area (Å²) in [6, 6.07) is 8.14. The molecule has 0 amide bonds. The molecule has 0 saturated carbocycles. The van der Waals surface area contributed by atoms with E-state index in [4.69, 9.17) is 29.8 Å². The zero-order chi connectivity index (χ0) is 17.4. The maximum absolute atomic E-state index is 6.64. The van der Waals surface area contributed by atoms with Crippen molar-refractivity contribution >= 4 is 26.1 Å². The molecule has 3 aliphatic heterocycles. The maximum Gasteiger partial charge on any atom is 0.231 e. The molecule has 1 atom stereocenters. The molecular formula is C19H16N2O4S. The van der Waals surface area contributed by atoms with Gasteiger partial charge in [0.15, 0.2) is 23.0 Å². The van der Waals surface area contributed by atoms with Crippen molar-refractivity contribution in [3.8, 4) is 23.0 Å². The van der Waals surface area contributed by atoms with Gasteiger partial charge in [0.2, 0.25) is 13.6 Å². The Morgan fingerprint density at radius 3 is 2.50 bits per heavy atom. The summed E-state index contributed by atoms with van der Waals surface area (Å²) in [5.41, 5.74) is 12.1. The van der Waals surface area contributed by atoms with Gasteiger partial charge in [0.25, 0.3) is 0 Å². The van der Waals surface area contributed by atoms with Gasteiger partial charge in [-0.3, -0.25) is 10.9 Å².